The first kappa shape index (κ1) is 14.1. The van der Waals surface area contributed by atoms with Crippen LogP contribution in [0.25, 0.3) is 10.4 Å². The number of aliphatic hydroxyl groups excluding tert-OH is 2. The average molecular weight is 253 g/mol. The van der Waals surface area contributed by atoms with Crippen molar-refractivity contribution in [3.05, 3.63) is 45.6 Å². The van der Waals surface area contributed by atoms with Crippen molar-refractivity contribution in [1.29, 1.82) is 0 Å². The number of rotatable bonds is 5. The summed E-state index contributed by atoms with van der Waals surface area (Å²) in [6.07, 6.45) is -2.90. The minimum atomic E-state index is -1.50. The highest BCUT2D eigenvalue weighted by molar-refractivity contribution is 5.95. The number of nitrogens with zero attached hydrogens (tertiary/aromatic N) is 3. The maximum absolute atomic E-state index is 13.1. The second kappa shape index (κ2) is 6.11. The molecule has 0 amide bonds. The number of benzene rings is 1. The summed E-state index contributed by atoms with van der Waals surface area (Å²) in [5.41, 5.74) is 8.20. The molecule has 1 aromatic rings. The minimum absolute atomic E-state index is 0.0249. The van der Waals surface area contributed by atoms with E-state index in [0.29, 0.717) is 0 Å². The minimum Gasteiger partial charge on any atom is -0.390 e. The highest BCUT2D eigenvalue weighted by atomic mass is 19.1. The van der Waals surface area contributed by atoms with Gasteiger partial charge in [-0.05, 0) is 36.2 Å². The molecule has 18 heavy (non-hydrogen) atoms. The first-order chi connectivity index (χ1) is 8.47. The molecule has 0 aromatic heterocycles. The van der Waals surface area contributed by atoms with Gasteiger partial charge in [0.25, 0.3) is 0 Å². The number of hydrogen-bond acceptors (Lipinski definition) is 4. The number of Topliss-reactive ketones (excluding diaryl/α,β-unsaturated/α-hetero) is 1. The van der Waals surface area contributed by atoms with Gasteiger partial charge in [-0.1, -0.05) is 5.11 Å². The lowest BCUT2D eigenvalue weighted by Crippen LogP contribution is -2.23. The van der Waals surface area contributed by atoms with Crippen LogP contribution in [0, 0.1) is 5.82 Å². The van der Waals surface area contributed by atoms with Crippen LogP contribution in [0.15, 0.2) is 23.3 Å². The molecular weight excluding hydrogens is 241 g/mol. The Kier molecular flexibility index (Phi) is 4.79. The van der Waals surface area contributed by atoms with E-state index >= 15 is 0 Å². The van der Waals surface area contributed by atoms with Gasteiger partial charge in [-0.15, -0.1) is 0 Å². The van der Waals surface area contributed by atoms with Gasteiger partial charge in [-0.3, -0.25) is 4.79 Å². The van der Waals surface area contributed by atoms with Crippen LogP contribution < -0.4 is 0 Å². The van der Waals surface area contributed by atoms with Gasteiger partial charge < -0.3 is 10.2 Å². The maximum Gasteiger partial charge on any atom is 0.160 e. The van der Waals surface area contributed by atoms with E-state index in [1.165, 1.54) is 13.0 Å². The zero-order valence-electron chi connectivity index (χ0n) is 9.62. The van der Waals surface area contributed by atoms with Crippen LogP contribution in [0.2, 0.25) is 0 Å². The molecule has 0 heterocycles. The van der Waals surface area contributed by atoms with Gasteiger partial charge in [0, 0.05) is 10.5 Å². The molecule has 0 radical (unpaired) electrons. The number of ketones is 1. The van der Waals surface area contributed by atoms with Gasteiger partial charge in [0.2, 0.25) is 0 Å². The fourth-order valence-corrected chi connectivity index (χ4v) is 1.53. The number of carbonyl (C=O) groups excluding carboxylic acids is 1. The van der Waals surface area contributed by atoms with Crippen molar-refractivity contribution in [2.45, 2.75) is 19.1 Å². The van der Waals surface area contributed by atoms with Crippen LogP contribution in [0.5, 0.6) is 0 Å². The predicted octanol–water partition coefficient (Wildman–Crippen LogP) is 1.73. The fraction of sp³-hybridized carbons (Fsp3) is 0.364. The van der Waals surface area contributed by atoms with E-state index in [9.17, 15) is 19.4 Å². The fourth-order valence-electron chi connectivity index (χ4n) is 1.53. The molecule has 6 nitrogen and oxygen atoms in total. The van der Waals surface area contributed by atoms with Gasteiger partial charge in [-0.2, -0.15) is 0 Å². The predicted molar refractivity (Wildman–Crippen MR) is 61.4 cm³/mol. The molecule has 2 N–H and O–H groups in total. The first-order valence-electron chi connectivity index (χ1n) is 5.14. The standard InChI is InChI=1S/C11H12FN3O3/c1-6(16)8-3-2-7(12)4-9(8)11(18)10(17)5-14-15-13/h2-4,10-11,17-18H,5H2,1H3. The maximum atomic E-state index is 13.1. The van der Waals surface area contributed by atoms with Crippen molar-refractivity contribution in [2.75, 3.05) is 6.54 Å². The van der Waals surface area contributed by atoms with Crippen LogP contribution in [0.3, 0.4) is 0 Å². The summed E-state index contributed by atoms with van der Waals surface area (Å²) in [5.74, 6) is -0.995. The number of hydrogen-bond donors (Lipinski definition) is 2. The Labute approximate surface area is 102 Å². The lowest BCUT2D eigenvalue weighted by Gasteiger charge is -2.18. The van der Waals surface area contributed by atoms with E-state index in [0.717, 1.165) is 12.1 Å². The molecule has 2 atom stereocenters. The third-order valence-corrected chi connectivity index (χ3v) is 2.41. The Morgan fingerprint density at radius 1 is 1.56 bits per heavy atom. The van der Waals surface area contributed by atoms with Crippen LogP contribution in [0.4, 0.5) is 4.39 Å². The van der Waals surface area contributed by atoms with E-state index in [1.807, 2.05) is 0 Å². The van der Waals surface area contributed by atoms with Crippen LogP contribution >= 0.6 is 0 Å². The van der Waals surface area contributed by atoms with Crippen molar-refractivity contribution in [3.8, 4) is 0 Å². The van der Waals surface area contributed by atoms with Gasteiger partial charge in [0.15, 0.2) is 5.78 Å². The van der Waals surface area contributed by atoms with E-state index in [2.05, 4.69) is 10.0 Å². The van der Waals surface area contributed by atoms with Crippen LogP contribution in [0.1, 0.15) is 28.9 Å². The molecule has 1 rings (SSSR count). The summed E-state index contributed by atoms with van der Waals surface area (Å²) in [5, 5.41) is 22.5. The lowest BCUT2D eigenvalue weighted by atomic mass is 9.96. The van der Waals surface area contributed by atoms with E-state index in [4.69, 9.17) is 5.53 Å². The number of carbonyl (C=O) groups is 1. The quantitative estimate of drug-likeness (QED) is 0.361. The second-order valence-electron chi connectivity index (χ2n) is 3.71. The number of halogens is 1. The molecule has 0 fully saturated rings. The Hall–Kier alpha value is -1.95. The number of azide groups is 1. The number of aliphatic hydroxyl groups is 2. The first-order valence-corrected chi connectivity index (χ1v) is 5.14. The highest BCUT2D eigenvalue weighted by Gasteiger charge is 2.22. The van der Waals surface area contributed by atoms with Crippen molar-refractivity contribution in [2.24, 2.45) is 5.11 Å². The average Bonchev–Trinajstić information content (AvgIpc) is 2.34. The van der Waals surface area contributed by atoms with Crippen molar-refractivity contribution in [3.63, 3.8) is 0 Å². The van der Waals surface area contributed by atoms with E-state index in [-0.39, 0.29) is 23.5 Å². The lowest BCUT2D eigenvalue weighted by molar-refractivity contribution is 0.0237. The molecular formula is C11H12FN3O3. The zero-order valence-corrected chi connectivity index (χ0v) is 9.62. The molecule has 0 aliphatic carbocycles. The second-order valence-corrected chi connectivity index (χ2v) is 3.71. The molecule has 0 saturated carbocycles. The van der Waals surface area contributed by atoms with Crippen molar-refractivity contribution >= 4 is 5.78 Å². The van der Waals surface area contributed by atoms with E-state index in [1.54, 1.807) is 0 Å². The van der Waals surface area contributed by atoms with Gasteiger partial charge in [0.1, 0.15) is 11.9 Å². The smallest absolute Gasteiger partial charge is 0.160 e. The van der Waals surface area contributed by atoms with Crippen molar-refractivity contribution in [1.82, 2.24) is 0 Å². The molecule has 0 aliphatic heterocycles. The Balaban J connectivity index is 3.10. The summed E-state index contributed by atoms with van der Waals surface area (Å²) in [6.45, 7) is 0.898. The molecule has 7 heteroatoms. The van der Waals surface area contributed by atoms with Crippen LogP contribution in [-0.4, -0.2) is 28.6 Å². The molecule has 0 aliphatic rings. The van der Waals surface area contributed by atoms with Gasteiger partial charge in [0.05, 0.1) is 12.6 Å². The van der Waals surface area contributed by atoms with Crippen LogP contribution in [-0.2, 0) is 0 Å². The summed E-state index contributed by atoms with van der Waals surface area (Å²) in [6, 6.07) is 3.30. The summed E-state index contributed by atoms with van der Waals surface area (Å²) < 4.78 is 13.1. The molecule has 0 spiro atoms. The van der Waals surface area contributed by atoms with Gasteiger partial charge >= 0.3 is 0 Å². The molecule has 96 valence electrons. The normalized spacial score (nSPS) is 13.6. The third-order valence-electron chi connectivity index (χ3n) is 2.41. The summed E-state index contributed by atoms with van der Waals surface area (Å²) in [4.78, 5) is 13.8. The Bertz CT molecular complexity index is 500. The SMILES string of the molecule is CC(=O)c1ccc(F)cc1C(O)C(O)CN=[N+]=[N-]. The van der Waals surface area contributed by atoms with Gasteiger partial charge in [-0.25, -0.2) is 4.39 Å². The summed E-state index contributed by atoms with van der Waals surface area (Å²) in [7, 11) is 0. The molecule has 1 aromatic carbocycles. The monoisotopic (exact) mass is 253 g/mol. The third kappa shape index (κ3) is 3.27. The molecule has 2 unspecified atom stereocenters. The Morgan fingerprint density at radius 2 is 2.22 bits per heavy atom. The zero-order chi connectivity index (χ0) is 13.7. The summed E-state index contributed by atoms with van der Waals surface area (Å²) >= 11 is 0. The molecule has 0 saturated heterocycles. The molecule has 0 bridgehead atoms. The van der Waals surface area contributed by atoms with Crippen molar-refractivity contribution < 1.29 is 19.4 Å². The van der Waals surface area contributed by atoms with E-state index < -0.39 is 18.0 Å². The topological polar surface area (TPSA) is 106 Å². The largest absolute Gasteiger partial charge is 0.390 e. The highest BCUT2D eigenvalue weighted by Crippen LogP contribution is 2.23. The Morgan fingerprint density at radius 3 is 2.78 bits per heavy atom.